The number of phenols is 1. The average Bonchev–Trinajstić information content (AvgIpc) is 2.75. The van der Waals surface area contributed by atoms with Crippen molar-refractivity contribution in [2.24, 2.45) is 5.92 Å². The van der Waals surface area contributed by atoms with Crippen molar-refractivity contribution in [2.75, 3.05) is 0 Å². The van der Waals surface area contributed by atoms with Crippen LogP contribution in [0.4, 0.5) is 0 Å². The summed E-state index contributed by atoms with van der Waals surface area (Å²) >= 11 is 0. The van der Waals surface area contributed by atoms with Gasteiger partial charge in [0.2, 0.25) is 0 Å². The molecule has 0 fully saturated rings. The molecule has 2 aliphatic rings. The van der Waals surface area contributed by atoms with Crippen LogP contribution >= 0.6 is 0 Å². The molecule has 0 bridgehead atoms. The van der Waals surface area contributed by atoms with Gasteiger partial charge in [0.25, 0.3) is 0 Å². The molecule has 23 heavy (non-hydrogen) atoms. The highest BCUT2D eigenvalue weighted by Crippen LogP contribution is 2.53. The van der Waals surface area contributed by atoms with Gasteiger partial charge in [-0.1, -0.05) is 31.2 Å². The van der Waals surface area contributed by atoms with Crippen molar-refractivity contribution < 1.29 is 34.5 Å². The van der Waals surface area contributed by atoms with Gasteiger partial charge in [-0.25, -0.2) is 0 Å². The van der Waals surface area contributed by atoms with Gasteiger partial charge >= 0.3 is 0 Å². The van der Waals surface area contributed by atoms with E-state index in [1.807, 2.05) is 0 Å². The van der Waals surface area contributed by atoms with E-state index in [1.165, 1.54) is 13.8 Å². The highest BCUT2D eigenvalue weighted by molar-refractivity contribution is 5.53. The number of rotatable bonds is 4. The van der Waals surface area contributed by atoms with Crippen molar-refractivity contribution in [1.82, 2.24) is 0 Å². The normalized spacial score (nSPS) is 42.4. The SMILES string of the molecule is [2H]c1c(O)c2c(c([2H])c1C([2H])([2H])C([2H])([2H])C([2H])([2H])C([2H])([2H])C([2H])([2H])[2H])OC(C)(C)[C@@H]1CC([2H])([2H])C(C([2H])([2H])[2H])=C[C@@H]21. The summed E-state index contributed by atoms with van der Waals surface area (Å²) in [5, 5.41) is 11.1. The second-order valence-corrected chi connectivity index (χ2v) is 6.02. The molecular formula is C21H30O2. The summed E-state index contributed by atoms with van der Waals surface area (Å²) in [4.78, 5) is 0. The monoisotopic (exact) mass is 332 g/mol. The maximum Gasteiger partial charge on any atom is 0.127 e. The zero-order valence-corrected chi connectivity index (χ0v) is 12.8. The van der Waals surface area contributed by atoms with E-state index < -0.39 is 97.7 Å². The lowest BCUT2D eigenvalue weighted by atomic mass is 9.68. The maximum atomic E-state index is 11.1. The van der Waals surface area contributed by atoms with Crippen LogP contribution in [0.15, 0.2) is 23.7 Å². The van der Waals surface area contributed by atoms with Crippen LogP contribution in [0.3, 0.4) is 0 Å². The molecule has 2 atom stereocenters. The van der Waals surface area contributed by atoms with E-state index in [4.69, 9.17) is 29.4 Å². The summed E-state index contributed by atoms with van der Waals surface area (Å²) in [6, 6.07) is -2.22. The molecule has 0 radical (unpaired) electrons. The van der Waals surface area contributed by atoms with Crippen molar-refractivity contribution in [3.8, 4) is 11.5 Å². The van der Waals surface area contributed by atoms with Gasteiger partial charge < -0.3 is 9.84 Å². The number of fused-ring (bicyclic) bond motifs is 3. The molecule has 0 saturated heterocycles. The average molecular weight is 333 g/mol. The van der Waals surface area contributed by atoms with Crippen LogP contribution in [0.25, 0.3) is 0 Å². The van der Waals surface area contributed by atoms with Crippen molar-refractivity contribution in [2.45, 2.75) is 77.4 Å². The summed E-state index contributed by atoms with van der Waals surface area (Å²) in [6.07, 6.45) is -17.5. The van der Waals surface area contributed by atoms with Crippen LogP contribution in [-0.4, -0.2) is 10.7 Å². The molecule has 1 aliphatic heterocycles. The third-order valence-electron chi connectivity index (χ3n) is 4.18. The fourth-order valence-electron chi connectivity index (χ4n) is 3.09. The summed E-state index contributed by atoms with van der Waals surface area (Å²) in [5.41, 5.74) is -3.53. The Morgan fingerprint density at radius 2 is 2.35 bits per heavy atom. The van der Waals surface area contributed by atoms with Crippen LogP contribution in [0, 0.1) is 5.92 Å². The van der Waals surface area contributed by atoms with Gasteiger partial charge in [-0.2, -0.15) is 0 Å². The lowest BCUT2D eigenvalue weighted by Gasteiger charge is -2.46. The van der Waals surface area contributed by atoms with Crippen molar-refractivity contribution in [1.29, 1.82) is 0 Å². The van der Waals surface area contributed by atoms with Gasteiger partial charge in [-0.15, -0.1) is 0 Å². The molecule has 2 nitrogen and oxygen atoms in total. The second-order valence-electron chi connectivity index (χ2n) is 6.02. The lowest BCUT2D eigenvalue weighted by molar-refractivity contribution is 0.0107. The van der Waals surface area contributed by atoms with Crippen LogP contribution in [0.1, 0.15) is 101 Å². The van der Waals surface area contributed by atoms with Crippen LogP contribution < -0.4 is 4.74 Å². The highest BCUT2D eigenvalue weighted by Gasteiger charge is 2.45. The van der Waals surface area contributed by atoms with E-state index in [0.717, 1.165) is 6.08 Å². The van der Waals surface area contributed by atoms with E-state index in [1.54, 1.807) is 0 Å². The summed E-state index contributed by atoms with van der Waals surface area (Å²) in [6.45, 7) is -3.66. The molecule has 0 amide bonds. The van der Waals surface area contributed by atoms with E-state index in [0.29, 0.717) is 0 Å². The molecule has 1 heterocycles. The second kappa shape index (κ2) is 6.22. The topological polar surface area (TPSA) is 29.5 Å². The molecule has 1 aliphatic carbocycles. The molecule has 2 heteroatoms. The Balaban J connectivity index is 2.36. The smallest absolute Gasteiger partial charge is 0.127 e. The fraction of sp³-hybridized carbons (Fsp3) is 0.619. The molecule has 1 aromatic rings. The first-order valence-corrected chi connectivity index (χ1v) is 7.18. The minimum atomic E-state index is -4.07. The zero-order chi connectivity index (χ0) is 32.3. The molecule has 126 valence electrons. The summed E-state index contributed by atoms with van der Waals surface area (Å²) in [5.74, 6) is -3.61. The third-order valence-corrected chi connectivity index (χ3v) is 4.18. The number of hydrogen-bond donors (Lipinski definition) is 1. The van der Waals surface area contributed by atoms with Crippen LogP contribution in [0.5, 0.6) is 11.5 Å². The van der Waals surface area contributed by atoms with Gasteiger partial charge in [-0.05, 0) is 63.9 Å². The summed E-state index contributed by atoms with van der Waals surface area (Å²) < 4.78 is 151. The first kappa shape index (κ1) is 5.28. The predicted molar refractivity (Wildman–Crippen MR) is 95.3 cm³/mol. The van der Waals surface area contributed by atoms with Gasteiger partial charge in [0.05, 0.1) is 2.74 Å². The molecule has 3 rings (SSSR count). The Morgan fingerprint density at radius 3 is 3.13 bits per heavy atom. The largest absolute Gasteiger partial charge is 0.507 e. The third kappa shape index (κ3) is 3.13. The predicted octanol–water partition coefficient (Wildman–Crippen LogP) is 5.74. The number of phenolic OH excluding ortho intramolecular Hbond substituents is 1. The minimum absolute atomic E-state index is 0.331. The highest BCUT2D eigenvalue weighted by atomic mass is 16.5. The van der Waals surface area contributed by atoms with Crippen molar-refractivity contribution in [3.63, 3.8) is 0 Å². The quantitative estimate of drug-likeness (QED) is 0.713. The summed E-state index contributed by atoms with van der Waals surface area (Å²) in [7, 11) is 0. The Kier molecular flexibility index (Phi) is 1.43. The Bertz CT molecular complexity index is 1270. The van der Waals surface area contributed by atoms with Gasteiger partial charge in [0, 0.05) is 39.3 Å². The molecular weight excluding hydrogens is 284 g/mol. The number of ether oxygens (including phenoxy) is 1. The molecule has 0 unspecified atom stereocenters. The molecule has 0 spiro atoms. The molecule has 0 saturated carbocycles. The molecule has 0 aromatic heterocycles. The van der Waals surface area contributed by atoms with Crippen molar-refractivity contribution in [3.05, 3.63) is 34.9 Å². The number of hydrogen-bond acceptors (Lipinski definition) is 2. The number of benzene rings is 1. The lowest BCUT2D eigenvalue weighted by Crippen LogP contribution is -2.45. The number of allylic oxidation sites excluding steroid dienone is 2. The Hall–Kier alpha value is -1.44. The molecule has 1 N–H and O–H groups in total. The van der Waals surface area contributed by atoms with E-state index >= 15 is 0 Å². The van der Waals surface area contributed by atoms with Crippen LogP contribution in [-0.2, 0) is 6.37 Å². The van der Waals surface area contributed by atoms with Crippen molar-refractivity contribution >= 4 is 0 Å². The minimum Gasteiger partial charge on any atom is -0.507 e. The van der Waals surface area contributed by atoms with Crippen LogP contribution in [0.2, 0.25) is 0 Å². The maximum absolute atomic E-state index is 11.1. The Labute approximate surface area is 165 Å². The standard InChI is InChI=1S/C21H30O2/c1-5-6-7-8-15-12-18(22)20-16-11-14(2)9-10-17(16)21(3,4)23-19(20)13-15/h11-13,16-17,22H,5-10H2,1-4H3/t16-,17-/m1/s1/i1D3,2D3,5D2,6D2,7D2,8D2,9D2,12D,13D. The number of aromatic hydroxyl groups is 1. The Morgan fingerprint density at radius 1 is 1.48 bits per heavy atom. The first-order valence-electron chi connectivity index (χ1n) is 16.2. The molecule has 1 aromatic carbocycles. The zero-order valence-electron chi connectivity index (χ0n) is 30.8. The van der Waals surface area contributed by atoms with Gasteiger partial charge in [0.15, 0.2) is 0 Å². The first-order chi connectivity index (χ1) is 17.9. The fourth-order valence-corrected chi connectivity index (χ4v) is 3.09. The van der Waals surface area contributed by atoms with E-state index in [-0.39, 0.29) is 12.0 Å². The van der Waals surface area contributed by atoms with Gasteiger partial charge in [0.1, 0.15) is 17.1 Å². The van der Waals surface area contributed by atoms with Gasteiger partial charge in [-0.3, -0.25) is 0 Å². The van der Waals surface area contributed by atoms with E-state index in [9.17, 15) is 5.11 Å². The van der Waals surface area contributed by atoms with E-state index in [2.05, 4.69) is 0 Å².